The summed E-state index contributed by atoms with van der Waals surface area (Å²) in [6.45, 7) is 5.61. The molecule has 1 aliphatic heterocycles. The van der Waals surface area contributed by atoms with E-state index in [0.717, 1.165) is 24.3 Å². The van der Waals surface area contributed by atoms with Gasteiger partial charge < -0.3 is 15.2 Å². The molecule has 3 nitrogen and oxygen atoms in total. The van der Waals surface area contributed by atoms with Crippen LogP contribution in [0.3, 0.4) is 0 Å². The van der Waals surface area contributed by atoms with E-state index in [1.807, 2.05) is 19.1 Å². The van der Waals surface area contributed by atoms with E-state index < -0.39 is 0 Å². The maximum absolute atomic E-state index is 6.29. The van der Waals surface area contributed by atoms with Crippen LogP contribution in [-0.2, 0) is 4.74 Å². The highest BCUT2D eigenvalue weighted by molar-refractivity contribution is 5.29. The lowest BCUT2D eigenvalue weighted by Crippen LogP contribution is -2.26. The fraction of sp³-hybridized carbons (Fsp3) is 0.571. The lowest BCUT2D eigenvalue weighted by molar-refractivity contribution is 0.0995. The van der Waals surface area contributed by atoms with Crippen molar-refractivity contribution in [3.8, 4) is 5.75 Å². The SMILES string of the molecule is CCOc1ccc(C(N)C2CCOC2C)cc1. The monoisotopic (exact) mass is 235 g/mol. The molecule has 0 aliphatic carbocycles. The molecule has 3 heteroatoms. The molecule has 17 heavy (non-hydrogen) atoms. The molecule has 1 saturated heterocycles. The summed E-state index contributed by atoms with van der Waals surface area (Å²) in [5.41, 5.74) is 7.46. The summed E-state index contributed by atoms with van der Waals surface area (Å²) in [6, 6.07) is 8.14. The van der Waals surface area contributed by atoms with Crippen molar-refractivity contribution < 1.29 is 9.47 Å². The molecule has 1 heterocycles. The van der Waals surface area contributed by atoms with E-state index in [9.17, 15) is 0 Å². The predicted molar refractivity (Wildman–Crippen MR) is 68.1 cm³/mol. The van der Waals surface area contributed by atoms with Crippen LogP contribution in [0, 0.1) is 5.92 Å². The van der Waals surface area contributed by atoms with Gasteiger partial charge in [0.05, 0.1) is 12.7 Å². The van der Waals surface area contributed by atoms with Crippen LogP contribution in [0.25, 0.3) is 0 Å². The standard InChI is InChI=1S/C14H21NO2/c1-3-16-12-6-4-11(5-7-12)14(15)13-8-9-17-10(13)2/h4-7,10,13-14H,3,8-9,15H2,1-2H3. The second-order valence-corrected chi connectivity index (χ2v) is 4.56. The maximum atomic E-state index is 6.29. The van der Waals surface area contributed by atoms with Crippen molar-refractivity contribution in [1.82, 2.24) is 0 Å². The van der Waals surface area contributed by atoms with Crippen molar-refractivity contribution in [2.75, 3.05) is 13.2 Å². The van der Waals surface area contributed by atoms with Gasteiger partial charge in [-0.15, -0.1) is 0 Å². The van der Waals surface area contributed by atoms with Crippen LogP contribution in [0.15, 0.2) is 24.3 Å². The normalized spacial score (nSPS) is 25.8. The number of ether oxygens (including phenoxy) is 2. The van der Waals surface area contributed by atoms with E-state index in [-0.39, 0.29) is 12.1 Å². The Morgan fingerprint density at radius 1 is 1.41 bits per heavy atom. The van der Waals surface area contributed by atoms with Crippen LogP contribution >= 0.6 is 0 Å². The van der Waals surface area contributed by atoms with Crippen molar-refractivity contribution in [2.24, 2.45) is 11.7 Å². The first-order chi connectivity index (χ1) is 8.22. The number of nitrogens with two attached hydrogens (primary N) is 1. The van der Waals surface area contributed by atoms with Crippen LogP contribution in [0.2, 0.25) is 0 Å². The maximum Gasteiger partial charge on any atom is 0.119 e. The van der Waals surface area contributed by atoms with Gasteiger partial charge in [-0.2, -0.15) is 0 Å². The number of rotatable bonds is 4. The highest BCUT2D eigenvalue weighted by atomic mass is 16.5. The van der Waals surface area contributed by atoms with Crippen LogP contribution in [-0.4, -0.2) is 19.3 Å². The van der Waals surface area contributed by atoms with Gasteiger partial charge in [0.1, 0.15) is 5.75 Å². The highest BCUT2D eigenvalue weighted by Gasteiger charge is 2.30. The zero-order valence-corrected chi connectivity index (χ0v) is 10.6. The summed E-state index contributed by atoms with van der Waals surface area (Å²) < 4.78 is 11.0. The van der Waals surface area contributed by atoms with Crippen LogP contribution in [0.4, 0.5) is 0 Å². The molecule has 94 valence electrons. The molecule has 0 saturated carbocycles. The van der Waals surface area contributed by atoms with E-state index in [1.54, 1.807) is 0 Å². The van der Waals surface area contributed by atoms with Gasteiger partial charge in [-0.05, 0) is 38.0 Å². The summed E-state index contributed by atoms with van der Waals surface area (Å²) in [4.78, 5) is 0. The molecule has 2 rings (SSSR count). The molecule has 0 aromatic heterocycles. The molecule has 2 N–H and O–H groups in total. The van der Waals surface area contributed by atoms with Crippen molar-refractivity contribution in [3.05, 3.63) is 29.8 Å². The minimum atomic E-state index is 0.0585. The molecular formula is C14H21NO2. The molecule has 0 amide bonds. The fourth-order valence-corrected chi connectivity index (χ4v) is 2.42. The Labute approximate surface area is 103 Å². The van der Waals surface area contributed by atoms with Gasteiger partial charge >= 0.3 is 0 Å². The molecule has 1 aliphatic rings. The van der Waals surface area contributed by atoms with Gasteiger partial charge in [0.2, 0.25) is 0 Å². The zero-order valence-electron chi connectivity index (χ0n) is 10.6. The largest absolute Gasteiger partial charge is 0.494 e. The van der Waals surface area contributed by atoms with Crippen LogP contribution in [0.5, 0.6) is 5.75 Å². The molecule has 1 aromatic carbocycles. The number of hydrogen-bond donors (Lipinski definition) is 1. The first-order valence-corrected chi connectivity index (χ1v) is 6.32. The van der Waals surface area contributed by atoms with E-state index in [0.29, 0.717) is 12.5 Å². The van der Waals surface area contributed by atoms with Gasteiger partial charge in [-0.25, -0.2) is 0 Å². The van der Waals surface area contributed by atoms with Crippen molar-refractivity contribution in [2.45, 2.75) is 32.4 Å². The molecule has 1 fully saturated rings. The molecule has 3 unspecified atom stereocenters. The lowest BCUT2D eigenvalue weighted by Gasteiger charge is -2.22. The van der Waals surface area contributed by atoms with Crippen molar-refractivity contribution >= 4 is 0 Å². The Balaban J connectivity index is 2.05. The summed E-state index contributed by atoms with van der Waals surface area (Å²) in [5, 5.41) is 0. The summed E-state index contributed by atoms with van der Waals surface area (Å²) in [7, 11) is 0. The van der Waals surface area contributed by atoms with Crippen molar-refractivity contribution in [3.63, 3.8) is 0 Å². The highest BCUT2D eigenvalue weighted by Crippen LogP contribution is 2.32. The van der Waals surface area contributed by atoms with E-state index >= 15 is 0 Å². The molecule has 0 bridgehead atoms. The Morgan fingerprint density at radius 2 is 2.12 bits per heavy atom. The molecule has 3 atom stereocenters. The minimum Gasteiger partial charge on any atom is -0.494 e. The van der Waals surface area contributed by atoms with Gasteiger partial charge in [0, 0.05) is 18.6 Å². The van der Waals surface area contributed by atoms with E-state index in [1.165, 1.54) is 0 Å². The average molecular weight is 235 g/mol. The predicted octanol–water partition coefficient (Wildman–Crippen LogP) is 2.51. The topological polar surface area (TPSA) is 44.5 Å². The average Bonchev–Trinajstić information content (AvgIpc) is 2.76. The van der Waals surface area contributed by atoms with Gasteiger partial charge in [-0.3, -0.25) is 0 Å². The summed E-state index contributed by atoms with van der Waals surface area (Å²) in [6.07, 6.45) is 1.31. The van der Waals surface area contributed by atoms with Crippen molar-refractivity contribution in [1.29, 1.82) is 0 Å². The molecule has 0 spiro atoms. The Hall–Kier alpha value is -1.06. The zero-order chi connectivity index (χ0) is 12.3. The van der Waals surface area contributed by atoms with E-state index in [2.05, 4.69) is 19.1 Å². The minimum absolute atomic E-state index is 0.0585. The molecular weight excluding hydrogens is 214 g/mol. The van der Waals surface area contributed by atoms with Gasteiger partial charge in [0.15, 0.2) is 0 Å². The number of hydrogen-bond acceptors (Lipinski definition) is 3. The van der Waals surface area contributed by atoms with Crippen LogP contribution < -0.4 is 10.5 Å². The van der Waals surface area contributed by atoms with Gasteiger partial charge in [0.25, 0.3) is 0 Å². The molecule has 1 aromatic rings. The Kier molecular flexibility index (Phi) is 4.02. The lowest BCUT2D eigenvalue weighted by atomic mass is 9.89. The second-order valence-electron chi connectivity index (χ2n) is 4.56. The Morgan fingerprint density at radius 3 is 2.65 bits per heavy atom. The summed E-state index contributed by atoms with van der Waals surface area (Å²) >= 11 is 0. The fourth-order valence-electron chi connectivity index (χ4n) is 2.42. The van der Waals surface area contributed by atoms with Gasteiger partial charge in [-0.1, -0.05) is 12.1 Å². The third kappa shape index (κ3) is 2.79. The second kappa shape index (κ2) is 5.52. The quantitative estimate of drug-likeness (QED) is 0.872. The molecule has 0 radical (unpaired) electrons. The Bertz CT molecular complexity index is 350. The third-order valence-corrected chi connectivity index (χ3v) is 3.47. The number of benzene rings is 1. The van der Waals surface area contributed by atoms with E-state index in [4.69, 9.17) is 15.2 Å². The third-order valence-electron chi connectivity index (χ3n) is 3.47. The first-order valence-electron chi connectivity index (χ1n) is 6.32. The smallest absolute Gasteiger partial charge is 0.119 e. The van der Waals surface area contributed by atoms with Crippen LogP contribution in [0.1, 0.15) is 31.9 Å². The first kappa shape index (κ1) is 12.4. The summed E-state index contributed by atoms with van der Waals surface area (Å²) in [5.74, 6) is 1.33.